The number of hydrazone groups is 1. The van der Waals surface area contributed by atoms with Crippen LogP contribution in [0.3, 0.4) is 0 Å². The van der Waals surface area contributed by atoms with Gasteiger partial charge in [0.2, 0.25) is 5.91 Å². The Labute approximate surface area is 138 Å². The van der Waals surface area contributed by atoms with Crippen LogP contribution in [0.1, 0.15) is 40.4 Å². The summed E-state index contributed by atoms with van der Waals surface area (Å²) in [6.45, 7) is 5.83. The first kappa shape index (κ1) is 15.9. The zero-order valence-electron chi connectivity index (χ0n) is 13.2. The zero-order chi connectivity index (χ0) is 16.6. The van der Waals surface area contributed by atoms with Crippen molar-refractivity contribution in [2.24, 2.45) is 5.10 Å². The number of thiophene rings is 1. The molecule has 1 aromatic heterocycles. The molecule has 1 atom stereocenters. The fraction of sp³-hybridized carbons (Fsp3) is 0.533. The van der Waals surface area contributed by atoms with Crippen molar-refractivity contribution >= 4 is 28.9 Å². The van der Waals surface area contributed by atoms with Gasteiger partial charge in [0, 0.05) is 30.1 Å². The van der Waals surface area contributed by atoms with Crippen LogP contribution in [0.4, 0.5) is 0 Å². The van der Waals surface area contributed by atoms with Gasteiger partial charge in [-0.2, -0.15) is 5.10 Å². The molecule has 0 aliphatic carbocycles. The second-order valence-electron chi connectivity index (χ2n) is 5.82. The van der Waals surface area contributed by atoms with Crippen LogP contribution in [0.25, 0.3) is 0 Å². The number of nitrogens with one attached hydrogen (secondary N) is 1. The van der Waals surface area contributed by atoms with E-state index in [0.717, 1.165) is 22.6 Å². The van der Waals surface area contributed by atoms with Crippen LogP contribution in [0, 0.1) is 0 Å². The van der Waals surface area contributed by atoms with Gasteiger partial charge < -0.3 is 4.90 Å². The van der Waals surface area contributed by atoms with Crippen LogP contribution in [0.15, 0.2) is 11.2 Å². The molecule has 8 heteroatoms. The maximum Gasteiger partial charge on any atom is 0.284 e. The first-order valence-corrected chi connectivity index (χ1v) is 8.50. The van der Waals surface area contributed by atoms with Crippen molar-refractivity contribution < 1.29 is 14.8 Å². The monoisotopic (exact) mass is 336 g/mol. The van der Waals surface area contributed by atoms with Crippen molar-refractivity contribution in [2.45, 2.75) is 39.3 Å². The van der Waals surface area contributed by atoms with Crippen LogP contribution in [0.2, 0.25) is 0 Å². The van der Waals surface area contributed by atoms with Crippen molar-refractivity contribution in [1.29, 1.82) is 0 Å². The Morgan fingerprint density at radius 1 is 1.52 bits per heavy atom. The highest BCUT2D eigenvalue weighted by molar-refractivity contribution is 7.14. The van der Waals surface area contributed by atoms with Crippen molar-refractivity contribution in [3.63, 3.8) is 0 Å². The van der Waals surface area contributed by atoms with E-state index < -0.39 is 5.91 Å². The Kier molecular flexibility index (Phi) is 4.36. The Balaban J connectivity index is 1.73. The van der Waals surface area contributed by atoms with Crippen LogP contribution < -0.4 is 5.48 Å². The molecule has 1 aromatic rings. The number of likely N-dealkylation sites (N-methyl/N-ethyl adjacent to an activating group) is 1. The molecule has 0 spiro atoms. The summed E-state index contributed by atoms with van der Waals surface area (Å²) in [5, 5.41) is 15.0. The molecule has 2 amide bonds. The topological polar surface area (TPSA) is 85.2 Å². The summed E-state index contributed by atoms with van der Waals surface area (Å²) in [5.74, 6) is -0.404. The van der Waals surface area contributed by atoms with Gasteiger partial charge in [0.25, 0.3) is 5.91 Å². The molecule has 7 nitrogen and oxygen atoms in total. The summed E-state index contributed by atoms with van der Waals surface area (Å²) in [6.07, 6.45) is 1.41. The number of hydroxylamine groups is 1. The van der Waals surface area contributed by atoms with Crippen molar-refractivity contribution in [1.82, 2.24) is 15.4 Å². The van der Waals surface area contributed by atoms with Gasteiger partial charge >= 0.3 is 0 Å². The fourth-order valence-corrected chi connectivity index (χ4v) is 4.22. The minimum absolute atomic E-state index is 0.0969. The minimum atomic E-state index is -0.501. The second-order valence-corrected chi connectivity index (χ2v) is 6.96. The number of rotatable bonds is 3. The number of hydrogen-bond donors (Lipinski definition) is 2. The van der Waals surface area contributed by atoms with Gasteiger partial charge in [-0.05, 0) is 31.9 Å². The predicted octanol–water partition coefficient (Wildman–Crippen LogP) is 1.22. The third-order valence-corrected chi connectivity index (χ3v) is 5.44. The highest BCUT2D eigenvalue weighted by Crippen LogP contribution is 2.29. The lowest BCUT2D eigenvalue weighted by Crippen LogP contribution is -2.46. The predicted molar refractivity (Wildman–Crippen MR) is 86.6 cm³/mol. The summed E-state index contributed by atoms with van der Waals surface area (Å²) < 4.78 is 0. The molecule has 2 aliphatic heterocycles. The quantitative estimate of drug-likeness (QED) is 0.642. The molecule has 0 saturated carbocycles. The highest BCUT2D eigenvalue weighted by Gasteiger charge is 2.35. The second kappa shape index (κ2) is 6.29. The highest BCUT2D eigenvalue weighted by atomic mass is 32.1. The number of fused-ring (bicyclic) bond motifs is 1. The molecule has 3 heterocycles. The van der Waals surface area contributed by atoms with Gasteiger partial charge in [0.1, 0.15) is 6.04 Å². The van der Waals surface area contributed by atoms with E-state index >= 15 is 0 Å². The molecular formula is C15H20N4O3S. The average molecular weight is 336 g/mol. The Morgan fingerprint density at radius 2 is 2.30 bits per heavy atom. The molecule has 2 aliphatic rings. The molecule has 0 radical (unpaired) electrons. The number of carbonyl (C=O) groups excluding carboxylic acids is 2. The molecular weight excluding hydrogens is 316 g/mol. The van der Waals surface area contributed by atoms with Crippen molar-refractivity contribution in [3.8, 4) is 0 Å². The zero-order valence-corrected chi connectivity index (χ0v) is 14.0. The van der Waals surface area contributed by atoms with Crippen LogP contribution in [-0.4, -0.2) is 51.8 Å². The van der Waals surface area contributed by atoms with E-state index in [1.165, 1.54) is 11.3 Å². The van der Waals surface area contributed by atoms with Gasteiger partial charge in [-0.15, -0.1) is 11.3 Å². The van der Waals surface area contributed by atoms with Gasteiger partial charge in [0.15, 0.2) is 0 Å². The van der Waals surface area contributed by atoms with E-state index in [-0.39, 0.29) is 11.9 Å². The van der Waals surface area contributed by atoms with E-state index in [4.69, 9.17) is 5.21 Å². The summed E-state index contributed by atoms with van der Waals surface area (Å²) in [5.41, 5.74) is 3.73. The number of amides is 2. The summed E-state index contributed by atoms with van der Waals surface area (Å²) in [6, 6.07) is 1.59. The normalized spacial score (nSPS) is 20.3. The van der Waals surface area contributed by atoms with Crippen molar-refractivity contribution in [2.75, 3.05) is 13.1 Å². The molecule has 124 valence electrons. The van der Waals surface area contributed by atoms with Gasteiger partial charge in [-0.3, -0.25) is 19.8 Å². The SMILES string of the molecule is CCN1N=C(C)CC1C(=O)N1CCc2cc(C(=O)NO)sc2C1. The lowest BCUT2D eigenvalue weighted by atomic mass is 10.1. The van der Waals surface area contributed by atoms with Crippen LogP contribution in [-0.2, 0) is 17.8 Å². The summed E-state index contributed by atoms with van der Waals surface area (Å²) in [7, 11) is 0. The third kappa shape index (κ3) is 2.96. The van der Waals surface area contributed by atoms with Gasteiger partial charge in [0.05, 0.1) is 11.4 Å². The smallest absolute Gasteiger partial charge is 0.284 e. The number of hydrogen-bond acceptors (Lipinski definition) is 6. The summed E-state index contributed by atoms with van der Waals surface area (Å²) >= 11 is 1.33. The number of nitrogens with zero attached hydrogens (tertiary/aromatic N) is 3. The Bertz CT molecular complexity index is 670. The lowest BCUT2D eigenvalue weighted by Gasteiger charge is -2.31. The molecule has 23 heavy (non-hydrogen) atoms. The van der Waals surface area contributed by atoms with E-state index in [1.807, 2.05) is 23.8 Å². The molecule has 0 bridgehead atoms. The summed E-state index contributed by atoms with van der Waals surface area (Å²) in [4.78, 5) is 27.7. The van der Waals surface area contributed by atoms with E-state index in [0.29, 0.717) is 30.9 Å². The van der Waals surface area contributed by atoms with Gasteiger partial charge in [-0.1, -0.05) is 0 Å². The van der Waals surface area contributed by atoms with Crippen LogP contribution in [0.5, 0.6) is 0 Å². The third-order valence-electron chi connectivity index (χ3n) is 4.28. The Hall–Kier alpha value is -1.93. The van der Waals surface area contributed by atoms with Crippen LogP contribution >= 0.6 is 11.3 Å². The minimum Gasteiger partial charge on any atom is -0.335 e. The first-order valence-electron chi connectivity index (χ1n) is 7.69. The molecule has 3 rings (SSSR count). The number of carbonyl (C=O) groups is 2. The fourth-order valence-electron chi connectivity index (χ4n) is 3.11. The first-order chi connectivity index (χ1) is 11.0. The van der Waals surface area contributed by atoms with E-state index in [9.17, 15) is 9.59 Å². The largest absolute Gasteiger partial charge is 0.335 e. The molecule has 0 saturated heterocycles. The molecule has 2 N–H and O–H groups in total. The molecule has 1 unspecified atom stereocenters. The molecule has 0 fully saturated rings. The van der Waals surface area contributed by atoms with Gasteiger partial charge in [-0.25, -0.2) is 5.48 Å². The molecule has 0 aromatic carbocycles. The maximum atomic E-state index is 12.8. The standard InChI is InChI=1S/C15H20N4O3S/c1-3-19-11(6-9(2)16-19)15(21)18-5-4-10-7-12(14(20)17-22)23-13(10)8-18/h7,11,22H,3-6,8H2,1-2H3,(H,17,20). The lowest BCUT2D eigenvalue weighted by molar-refractivity contribution is -0.137. The Morgan fingerprint density at radius 3 is 3.00 bits per heavy atom. The maximum absolute atomic E-state index is 12.8. The van der Waals surface area contributed by atoms with E-state index in [1.54, 1.807) is 11.5 Å². The average Bonchev–Trinajstić information content (AvgIpc) is 3.15. The van der Waals surface area contributed by atoms with E-state index in [2.05, 4.69) is 5.10 Å². The van der Waals surface area contributed by atoms with Crippen molar-refractivity contribution in [3.05, 3.63) is 21.4 Å².